The molecule has 1 aromatic heterocycles. The summed E-state index contributed by atoms with van der Waals surface area (Å²) in [6.45, 7) is 0.319. The van der Waals surface area contributed by atoms with Gasteiger partial charge in [-0.3, -0.25) is 0 Å². The number of hydrogen-bond acceptors (Lipinski definition) is 4. The summed E-state index contributed by atoms with van der Waals surface area (Å²) in [5.74, 6) is 0.422. The molecular formula is C21H15FIN3O. The molecule has 0 spiro atoms. The standard InChI is InChI=1S/C21H15FIN3O/c22-18-11-16(7-9-20(18)27-12-14-4-2-1-3-5-14)26-21-17-10-15(23)6-8-19(17)24-13-25-21/h1-11,13H,12H2,(H,24,25,26). The van der Waals surface area contributed by atoms with Crippen LogP contribution in [0.2, 0.25) is 0 Å². The summed E-state index contributed by atoms with van der Waals surface area (Å²) in [5, 5.41) is 4.05. The zero-order valence-corrected chi connectivity index (χ0v) is 16.4. The maximum absolute atomic E-state index is 14.4. The molecule has 0 radical (unpaired) electrons. The number of rotatable bonds is 5. The van der Waals surface area contributed by atoms with E-state index < -0.39 is 5.82 Å². The molecule has 27 heavy (non-hydrogen) atoms. The maximum Gasteiger partial charge on any atom is 0.167 e. The van der Waals surface area contributed by atoms with Crippen molar-refractivity contribution in [2.24, 2.45) is 0 Å². The third-order valence-corrected chi connectivity index (χ3v) is 4.70. The van der Waals surface area contributed by atoms with Gasteiger partial charge in [0.1, 0.15) is 18.8 Å². The number of hydrogen-bond donors (Lipinski definition) is 1. The fourth-order valence-corrected chi connectivity index (χ4v) is 3.19. The molecule has 0 fully saturated rings. The van der Waals surface area contributed by atoms with Crippen LogP contribution in [0, 0.1) is 9.39 Å². The first-order chi connectivity index (χ1) is 13.2. The highest BCUT2D eigenvalue weighted by atomic mass is 127. The Hall–Kier alpha value is -2.74. The van der Waals surface area contributed by atoms with Crippen LogP contribution >= 0.6 is 22.6 Å². The van der Waals surface area contributed by atoms with Gasteiger partial charge in [-0.2, -0.15) is 0 Å². The number of aromatic nitrogens is 2. The van der Waals surface area contributed by atoms with Gasteiger partial charge < -0.3 is 10.1 Å². The summed E-state index contributed by atoms with van der Waals surface area (Å²) in [6.07, 6.45) is 1.49. The van der Waals surface area contributed by atoms with Crippen LogP contribution in [0.3, 0.4) is 0 Å². The number of fused-ring (bicyclic) bond motifs is 1. The van der Waals surface area contributed by atoms with Crippen LogP contribution in [-0.2, 0) is 6.61 Å². The van der Waals surface area contributed by atoms with Crippen molar-refractivity contribution >= 4 is 45.0 Å². The van der Waals surface area contributed by atoms with E-state index in [-0.39, 0.29) is 5.75 Å². The van der Waals surface area contributed by atoms with E-state index in [1.807, 2.05) is 48.5 Å². The van der Waals surface area contributed by atoms with Crippen LogP contribution < -0.4 is 10.1 Å². The molecule has 1 heterocycles. The minimum absolute atomic E-state index is 0.214. The van der Waals surface area contributed by atoms with Crippen molar-refractivity contribution in [1.29, 1.82) is 0 Å². The van der Waals surface area contributed by atoms with Crippen LogP contribution in [0.15, 0.2) is 73.1 Å². The van der Waals surface area contributed by atoms with Gasteiger partial charge in [0.05, 0.1) is 5.52 Å². The van der Waals surface area contributed by atoms with Gasteiger partial charge in [0, 0.05) is 20.7 Å². The Bertz CT molecular complexity index is 1090. The predicted octanol–water partition coefficient (Wildman–Crippen LogP) is 5.70. The molecule has 4 nitrogen and oxygen atoms in total. The summed E-state index contributed by atoms with van der Waals surface area (Å²) in [6, 6.07) is 20.4. The summed E-state index contributed by atoms with van der Waals surface area (Å²) >= 11 is 2.24. The van der Waals surface area contributed by atoms with E-state index in [4.69, 9.17) is 4.74 Å². The van der Waals surface area contributed by atoms with Crippen molar-refractivity contribution in [3.8, 4) is 5.75 Å². The summed E-state index contributed by atoms with van der Waals surface area (Å²) in [7, 11) is 0. The topological polar surface area (TPSA) is 47.0 Å². The second-order valence-corrected chi connectivity index (χ2v) is 7.17. The Balaban J connectivity index is 1.54. The monoisotopic (exact) mass is 471 g/mol. The average Bonchev–Trinajstić information content (AvgIpc) is 2.69. The van der Waals surface area contributed by atoms with Gasteiger partial charge in [0.2, 0.25) is 0 Å². The summed E-state index contributed by atoms with van der Waals surface area (Å²) in [5.41, 5.74) is 2.41. The Labute approximate surface area is 169 Å². The molecule has 0 saturated carbocycles. The molecular weight excluding hydrogens is 456 g/mol. The Morgan fingerprint density at radius 2 is 1.81 bits per heavy atom. The highest BCUT2D eigenvalue weighted by Crippen LogP contribution is 2.27. The molecule has 134 valence electrons. The molecule has 4 rings (SSSR count). The van der Waals surface area contributed by atoms with Crippen molar-refractivity contribution in [2.45, 2.75) is 6.61 Å². The van der Waals surface area contributed by atoms with E-state index in [2.05, 4.69) is 37.9 Å². The first-order valence-electron chi connectivity index (χ1n) is 8.32. The molecule has 4 aromatic rings. The van der Waals surface area contributed by atoms with Crippen molar-refractivity contribution in [2.75, 3.05) is 5.32 Å². The van der Waals surface area contributed by atoms with Crippen molar-refractivity contribution in [3.05, 3.63) is 88.0 Å². The Kier molecular flexibility index (Phi) is 5.15. The first kappa shape index (κ1) is 17.7. The SMILES string of the molecule is Fc1cc(Nc2ncnc3ccc(I)cc23)ccc1OCc1ccccc1. The number of anilines is 2. The van der Waals surface area contributed by atoms with Crippen LogP contribution in [0.1, 0.15) is 5.56 Å². The molecule has 0 amide bonds. The normalized spacial score (nSPS) is 10.7. The lowest BCUT2D eigenvalue weighted by molar-refractivity contribution is 0.290. The predicted molar refractivity (Wildman–Crippen MR) is 113 cm³/mol. The number of halogens is 2. The van der Waals surface area contributed by atoms with Gasteiger partial charge >= 0.3 is 0 Å². The second-order valence-electron chi connectivity index (χ2n) is 5.93. The molecule has 0 aliphatic rings. The lowest BCUT2D eigenvalue weighted by atomic mass is 10.2. The van der Waals surface area contributed by atoms with Gasteiger partial charge in [-0.1, -0.05) is 30.3 Å². The summed E-state index contributed by atoms with van der Waals surface area (Å²) in [4.78, 5) is 8.55. The maximum atomic E-state index is 14.4. The van der Waals surface area contributed by atoms with Crippen molar-refractivity contribution in [1.82, 2.24) is 9.97 Å². The molecule has 0 atom stereocenters. The number of nitrogens with zero attached hydrogens (tertiary/aromatic N) is 2. The Morgan fingerprint density at radius 1 is 0.963 bits per heavy atom. The van der Waals surface area contributed by atoms with E-state index in [1.54, 1.807) is 12.1 Å². The largest absolute Gasteiger partial charge is 0.486 e. The fraction of sp³-hybridized carbons (Fsp3) is 0.0476. The van der Waals surface area contributed by atoms with Gasteiger partial charge in [0.15, 0.2) is 11.6 Å². The molecule has 0 aliphatic heterocycles. The minimum atomic E-state index is -0.427. The average molecular weight is 471 g/mol. The molecule has 6 heteroatoms. The van der Waals surface area contributed by atoms with E-state index in [0.717, 1.165) is 20.0 Å². The quantitative estimate of drug-likeness (QED) is 0.380. The smallest absolute Gasteiger partial charge is 0.167 e. The Morgan fingerprint density at radius 3 is 2.63 bits per heavy atom. The number of ether oxygens (including phenoxy) is 1. The number of nitrogens with one attached hydrogen (secondary N) is 1. The highest BCUT2D eigenvalue weighted by Gasteiger charge is 2.08. The third kappa shape index (κ3) is 4.16. The van der Waals surface area contributed by atoms with Gasteiger partial charge in [0.25, 0.3) is 0 Å². The second kappa shape index (κ2) is 7.87. The van der Waals surface area contributed by atoms with Crippen LogP contribution in [0.5, 0.6) is 5.75 Å². The zero-order chi connectivity index (χ0) is 18.6. The number of benzene rings is 3. The van der Waals surface area contributed by atoms with Crippen molar-refractivity contribution < 1.29 is 9.13 Å². The zero-order valence-electron chi connectivity index (χ0n) is 14.2. The third-order valence-electron chi connectivity index (χ3n) is 4.03. The van der Waals surface area contributed by atoms with Crippen LogP contribution in [0.4, 0.5) is 15.9 Å². The van der Waals surface area contributed by atoms with Gasteiger partial charge in [-0.25, -0.2) is 14.4 Å². The molecule has 0 bridgehead atoms. The molecule has 3 aromatic carbocycles. The van der Waals surface area contributed by atoms with E-state index in [0.29, 0.717) is 18.1 Å². The molecule has 1 N–H and O–H groups in total. The van der Waals surface area contributed by atoms with Crippen LogP contribution in [0.25, 0.3) is 10.9 Å². The van der Waals surface area contributed by atoms with Crippen molar-refractivity contribution in [3.63, 3.8) is 0 Å². The molecule has 0 aliphatic carbocycles. The summed E-state index contributed by atoms with van der Waals surface area (Å²) < 4.78 is 21.1. The van der Waals surface area contributed by atoms with Crippen LogP contribution in [-0.4, -0.2) is 9.97 Å². The molecule has 0 saturated heterocycles. The van der Waals surface area contributed by atoms with E-state index >= 15 is 0 Å². The molecule has 0 unspecified atom stereocenters. The fourth-order valence-electron chi connectivity index (χ4n) is 2.70. The minimum Gasteiger partial charge on any atom is -0.486 e. The lowest BCUT2D eigenvalue weighted by Gasteiger charge is -2.11. The highest BCUT2D eigenvalue weighted by molar-refractivity contribution is 14.1. The van der Waals surface area contributed by atoms with Gasteiger partial charge in [-0.05, 0) is 58.5 Å². The first-order valence-corrected chi connectivity index (χ1v) is 9.40. The lowest BCUT2D eigenvalue weighted by Crippen LogP contribution is -1.99. The van der Waals surface area contributed by atoms with E-state index in [9.17, 15) is 4.39 Å². The van der Waals surface area contributed by atoms with E-state index in [1.165, 1.54) is 12.4 Å². The van der Waals surface area contributed by atoms with Gasteiger partial charge in [-0.15, -0.1) is 0 Å².